The van der Waals surface area contributed by atoms with Gasteiger partial charge in [0, 0.05) is 44.2 Å². The third-order valence-corrected chi connectivity index (χ3v) is 8.07. The Morgan fingerprint density at radius 1 is 1.09 bits per heavy atom. The summed E-state index contributed by atoms with van der Waals surface area (Å²) >= 11 is 0. The number of likely N-dealkylation sites (tertiary alicyclic amines) is 1. The molecule has 1 aliphatic rings. The van der Waals surface area contributed by atoms with E-state index in [0.29, 0.717) is 47.9 Å². The fourth-order valence-electron chi connectivity index (χ4n) is 5.80. The van der Waals surface area contributed by atoms with E-state index in [-0.39, 0.29) is 47.6 Å². The molecule has 0 bridgehead atoms. The van der Waals surface area contributed by atoms with Crippen molar-refractivity contribution in [2.45, 2.75) is 45.5 Å². The van der Waals surface area contributed by atoms with Gasteiger partial charge in [0.1, 0.15) is 11.1 Å². The zero-order valence-electron chi connectivity index (χ0n) is 25.2. The number of esters is 1. The number of methoxy groups -OCH3 is 1. The number of nitrogens with zero attached hydrogens (tertiary/aromatic N) is 4. The Morgan fingerprint density at radius 2 is 1.78 bits per heavy atom. The van der Waals surface area contributed by atoms with Gasteiger partial charge in [-0.05, 0) is 37.5 Å². The Balaban J connectivity index is 1.49. The molecule has 0 saturated carbocycles. The number of hydrogen-bond acceptors (Lipinski definition) is 7. The van der Waals surface area contributed by atoms with E-state index in [1.165, 1.54) is 31.6 Å². The van der Waals surface area contributed by atoms with Crippen LogP contribution in [-0.4, -0.2) is 69.6 Å². The fraction of sp³-hybridized carbons (Fsp3) is 0.387. The summed E-state index contributed by atoms with van der Waals surface area (Å²) in [6.45, 7) is 3.03. The first-order valence-corrected chi connectivity index (χ1v) is 14.3. The van der Waals surface area contributed by atoms with Crippen molar-refractivity contribution in [2.75, 3.05) is 26.8 Å². The monoisotopic (exact) mass is 627 g/mol. The number of alkyl halides is 3. The number of piperidine rings is 1. The minimum Gasteiger partial charge on any atom is -0.493 e. The lowest BCUT2D eigenvalue weighted by Crippen LogP contribution is -2.47. The summed E-state index contributed by atoms with van der Waals surface area (Å²) in [6.07, 6.45) is -3.65. The summed E-state index contributed by atoms with van der Waals surface area (Å²) in [6, 6.07) is 9.01. The number of pyridine rings is 2. The van der Waals surface area contributed by atoms with Crippen LogP contribution in [0.2, 0.25) is 0 Å². The molecule has 0 atom stereocenters. The summed E-state index contributed by atoms with van der Waals surface area (Å²) < 4.78 is 53.2. The van der Waals surface area contributed by atoms with Gasteiger partial charge >= 0.3 is 12.1 Å². The van der Waals surface area contributed by atoms with Gasteiger partial charge in [0.05, 0.1) is 24.7 Å². The number of nitrogens with one attached hydrogen (secondary N) is 1. The second-order valence-electron chi connectivity index (χ2n) is 10.9. The lowest BCUT2D eigenvalue weighted by Gasteiger charge is -2.32. The van der Waals surface area contributed by atoms with E-state index in [9.17, 15) is 32.3 Å². The summed E-state index contributed by atoms with van der Waals surface area (Å²) in [4.78, 5) is 56.4. The normalized spacial score (nSPS) is 14.2. The van der Waals surface area contributed by atoms with Crippen LogP contribution < -0.4 is 15.6 Å². The van der Waals surface area contributed by atoms with E-state index in [0.717, 1.165) is 6.07 Å². The molecule has 1 saturated heterocycles. The van der Waals surface area contributed by atoms with Crippen LogP contribution in [0, 0.1) is 6.92 Å². The summed E-state index contributed by atoms with van der Waals surface area (Å²) in [5.74, 6) is -1.24. The summed E-state index contributed by atoms with van der Waals surface area (Å²) in [5.41, 5.74) is 0.205. The van der Waals surface area contributed by atoms with Crippen LogP contribution >= 0.6 is 0 Å². The molecule has 11 nitrogen and oxygen atoms in total. The number of amides is 2. The topological polar surface area (TPSA) is 125 Å². The van der Waals surface area contributed by atoms with Crippen LogP contribution in [0.1, 0.15) is 47.2 Å². The highest BCUT2D eigenvalue weighted by atomic mass is 19.4. The first-order valence-electron chi connectivity index (χ1n) is 14.3. The van der Waals surface area contributed by atoms with Crippen molar-refractivity contribution in [2.24, 2.45) is 7.05 Å². The predicted octanol–water partition coefficient (Wildman–Crippen LogP) is 3.56. The Hall–Kier alpha value is -4.88. The highest BCUT2D eigenvalue weighted by Gasteiger charge is 2.33. The maximum absolute atomic E-state index is 14.1. The molecule has 1 N–H and O–H groups in total. The van der Waals surface area contributed by atoms with Crippen LogP contribution in [0.4, 0.5) is 13.2 Å². The third-order valence-electron chi connectivity index (χ3n) is 8.07. The van der Waals surface area contributed by atoms with E-state index in [4.69, 9.17) is 9.47 Å². The molecule has 4 heterocycles. The molecule has 1 aliphatic heterocycles. The van der Waals surface area contributed by atoms with Crippen molar-refractivity contribution in [3.05, 3.63) is 69.4 Å². The highest BCUT2D eigenvalue weighted by Crippen LogP contribution is 2.35. The van der Waals surface area contributed by atoms with E-state index in [2.05, 4.69) is 10.3 Å². The van der Waals surface area contributed by atoms with E-state index >= 15 is 0 Å². The summed E-state index contributed by atoms with van der Waals surface area (Å²) in [5, 5.41) is 3.80. The maximum Gasteiger partial charge on any atom is 0.433 e. The molecule has 14 heteroatoms. The van der Waals surface area contributed by atoms with Crippen LogP contribution in [0.25, 0.3) is 21.8 Å². The third kappa shape index (κ3) is 6.08. The minimum absolute atomic E-state index is 0.0550. The van der Waals surface area contributed by atoms with E-state index in [1.807, 2.05) is 0 Å². The van der Waals surface area contributed by atoms with Crippen LogP contribution in [0.15, 0.2) is 41.2 Å². The Bertz CT molecular complexity index is 1870. The molecule has 1 aromatic carbocycles. The molecule has 4 aromatic rings. The van der Waals surface area contributed by atoms with Gasteiger partial charge in [0.25, 0.3) is 17.4 Å². The number of para-hydroxylation sites is 1. The van der Waals surface area contributed by atoms with Crippen molar-refractivity contribution in [3.8, 4) is 5.75 Å². The number of benzene rings is 1. The lowest BCUT2D eigenvalue weighted by atomic mass is 10.0. The zero-order chi connectivity index (χ0) is 32.6. The Labute approximate surface area is 255 Å². The van der Waals surface area contributed by atoms with Crippen molar-refractivity contribution in [3.63, 3.8) is 0 Å². The van der Waals surface area contributed by atoms with Crippen LogP contribution in [0.3, 0.4) is 0 Å². The van der Waals surface area contributed by atoms with Crippen molar-refractivity contribution < 1.29 is 37.0 Å². The minimum atomic E-state index is -4.60. The Morgan fingerprint density at radius 3 is 2.40 bits per heavy atom. The van der Waals surface area contributed by atoms with Gasteiger partial charge in [0.2, 0.25) is 0 Å². The van der Waals surface area contributed by atoms with Gasteiger partial charge < -0.3 is 28.8 Å². The molecule has 238 valence electrons. The number of hydrogen-bond donors (Lipinski definition) is 1. The van der Waals surface area contributed by atoms with Crippen molar-refractivity contribution in [1.29, 1.82) is 0 Å². The number of halogens is 3. The number of carbonyl (C=O) groups excluding carboxylic acids is 3. The highest BCUT2D eigenvalue weighted by molar-refractivity contribution is 6.12. The van der Waals surface area contributed by atoms with Crippen LogP contribution in [-0.2, 0) is 34.1 Å². The van der Waals surface area contributed by atoms with E-state index < -0.39 is 29.3 Å². The lowest BCUT2D eigenvalue weighted by molar-refractivity contribution is -0.150. The molecule has 45 heavy (non-hydrogen) atoms. The first-order chi connectivity index (χ1) is 21.3. The Kier molecular flexibility index (Phi) is 8.59. The molecular formula is C31H32F3N5O6. The predicted molar refractivity (Wildman–Crippen MR) is 158 cm³/mol. The number of aromatic nitrogens is 3. The number of fused-ring (bicyclic) bond motifs is 3. The largest absolute Gasteiger partial charge is 0.493 e. The van der Waals surface area contributed by atoms with Gasteiger partial charge in [-0.25, -0.2) is 4.98 Å². The molecule has 0 aliphatic carbocycles. The van der Waals surface area contributed by atoms with Gasteiger partial charge in [0.15, 0.2) is 18.1 Å². The maximum atomic E-state index is 14.1. The number of aryl methyl sites for hydroxylation is 2. The van der Waals surface area contributed by atoms with Crippen molar-refractivity contribution >= 4 is 39.6 Å². The molecule has 2 amide bonds. The number of carbonyl (C=O) groups is 3. The first kappa shape index (κ1) is 31.5. The average molecular weight is 628 g/mol. The molecule has 0 spiro atoms. The van der Waals surface area contributed by atoms with Gasteiger partial charge in [-0.15, -0.1) is 0 Å². The molecule has 1 fully saturated rings. The quantitative estimate of drug-likeness (QED) is 0.311. The molecule has 0 radical (unpaired) electrons. The molecule has 0 unspecified atom stereocenters. The van der Waals surface area contributed by atoms with E-state index in [1.54, 1.807) is 40.8 Å². The molecule has 5 rings (SSSR count). The average Bonchev–Trinajstić information content (AvgIpc) is 3.31. The standard InChI is InChI=1S/C31H32F3N5O6/c1-17-19(9-10-23(35-17)31(32,33)34)15-39-22-8-6-5-7-21(22)26-25(30(39)43)28(44-4)27(37(26)3)29(42)36-20-11-13-38(14-12-20)24(41)16-45-18(2)40/h5-10,20H,11-16H2,1-4H3,(H,36,42). The smallest absolute Gasteiger partial charge is 0.433 e. The molecular weight excluding hydrogens is 595 g/mol. The van der Waals surface area contributed by atoms with Crippen LogP contribution in [0.5, 0.6) is 5.75 Å². The molecule has 3 aromatic heterocycles. The number of rotatable bonds is 7. The summed E-state index contributed by atoms with van der Waals surface area (Å²) in [7, 11) is 3.03. The van der Waals surface area contributed by atoms with Gasteiger partial charge in [-0.3, -0.25) is 19.2 Å². The number of ether oxygens (including phenoxy) is 2. The van der Waals surface area contributed by atoms with Crippen molar-refractivity contribution in [1.82, 2.24) is 24.3 Å². The SMILES string of the molecule is COc1c(C(=O)NC2CCN(C(=O)COC(C)=O)CC2)n(C)c2c1c(=O)n(Cc1ccc(C(F)(F)F)nc1C)c1ccccc21. The fourth-order valence-corrected chi connectivity index (χ4v) is 5.80. The zero-order valence-corrected chi connectivity index (χ0v) is 25.2. The second kappa shape index (κ2) is 12.3. The second-order valence-corrected chi connectivity index (χ2v) is 10.9. The van der Waals surface area contributed by atoms with Gasteiger partial charge in [-0.1, -0.05) is 24.3 Å². The van der Waals surface area contributed by atoms with Gasteiger partial charge in [-0.2, -0.15) is 13.2 Å².